The van der Waals surface area contributed by atoms with Crippen molar-refractivity contribution in [2.45, 2.75) is 26.7 Å². The van der Waals surface area contributed by atoms with Crippen molar-refractivity contribution in [2.75, 3.05) is 7.11 Å². The molecule has 0 aliphatic carbocycles. The van der Waals surface area contributed by atoms with Gasteiger partial charge in [0.05, 0.1) is 7.11 Å². The van der Waals surface area contributed by atoms with E-state index in [-0.39, 0.29) is 0 Å². The lowest BCUT2D eigenvalue weighted by Crippen LogP contribution is -2.17. The summed E-state index contributed by atoms with van der Waals surface area (Å²) in [6.45, 7) is 3.96. The standard InChI is InChI=1S/C13H16O3/c1-4-9-6-7-10(5-2)11(8-9)12(14)13(15)16-3/h6-8H,4-5H2,1-3H3. The number of ketones is 1. The van der Waals surface area contributed by atoms with Crippen LogP contribution >= 0.6 is 0 Å². The van der Waals surface area contributed by atoms with Gasteiger partial charge in [0.25, 0.3) is 5.78 Å². The molecule has 0 heterocycles. The average molecular weight is 220 g/mol. The van der Waals surface area contributed by atoms with Gasteiger partial charge in [0.2, 0.25) is 0 Å². The summed E-state index contributed by atoms with van der Waals surface area (Å²) in [5, 5.41) is 0. The number of hydrogen-bond acceptors (Lipinski definition) is 3. The first kappa shape index (κ1) is 12.4. The Kier molecular flexibility index (Phi) is 4.23. The minimum absolute atomic E-state index is 0.466. The van der Waals surface area contributed by atoms with Crippen LogP contribution < -0.4 is 0 Å². The zero-order valence-corrected chi connectivity index (χ0v) is 9.87. The first-order valence-electron chi connectivity index (χ1n) is 5.38. The highest BCUT2D eigenvalue weighted by molar-refractivity contribution is 6.41. The van der Waals surface area contributed by atoms with E-state index in [2.05, 4.69) is 4.74 Å². The molecule has 0 amide bonds. The second-order valence-corrected chi connectivity index (χ2v) is 3.52. The maximum absolute atomic E-state index is 11.7. The molecule has 0 aromatic heterocycles. The normalized spacial score (nSPS) is 9.94. The molecule has 0 N–H and O–H groups in total. The molecule has 0 radical (unpaired) electrons. The van der Waals surface area contributed by atoms with Gasteiger partial charge >= 0.3 is 5.97 Å². The molecule has 0 spiro atoms. The number of carbonyl (C=O) groups is 2. The van der Waals surface area contributed by atoms with Crippen molar-refractivity contribution in [3.63, 3.8) is 0 Å². The van der Waals surface area contributed by atoms with Gasteiger partial charge in [0.1, 0.15) is 0 Å². The van der Waals surface area contributed by atoms with Gasteiger partial charge in [0.15, 0.2) is 0 Å². The number of rotatable bonds is 4. The van der Waals surface area contributed by atoms with Crippen molar-refractivity contribution in [2.24, 2.45) is 0 Å². The summed E-state index contributed by atoms with van der Waals surface area (Å²) in [5.41, 5.74) is 2.39. The Bertz CT molecular complexity index is 408. The van der Waals surface area contributed by atoms with Gasteiger partial charge in [-0.1, -0.05) is 26.0 Å². The molecule has 0 aliphatic rings. The largest absolute Gasteiger partial charge is 0.463 e. The first-order valence-corrected chi connectivity index (χ1v) is 5.38. The number of benzene rings is 1. The van der Waals surface area contributed by atoms with Crippen LogP contribution in [0.4, 0.5) is 0 Å². The maximum atomic E-state index is 11.7. The molecule has 3 nitrogen and oxygen atoms in total. The van der Waals surface area contributed by atoms with Crippen molar-refractivity contribution >= 4 is 11.8 Å². The molecule has 0 aliphatic heterocycles. The van der Waals surface area contributed by atoms with E-state index in [4.69, 9.17) is 0 Å². The van der Waals surface area contributed by atoms with Gasteiger partial charge in [-0.15, -0.1) is 0 Å². The van der Waals surface area contributed by atoms with Crippen LogP contribution in [-0.4, -0.2) is 18.9 Å². The predicted octanol–water partition coefficient (Wildman–Crippen LogP) is 2.17. The molecule has 0 unspecified atom stereocenters. The molecule has 0 saturated carbocycles. The van der Waals surface area contributed by atoms with Crippen molar-refractivity contribution < 1.29 is 14.3 Å². The molecule has 0 fully saturated rings. The molecular formula is C13H16O3. The molecule has 0 atom stereocenters. The van der Waals surface area contributed by atoms with Crippen LogP contribution in [0, 0.1) is 0 Å². The van der Waals surface area contributed by atoms with Crippen molar-refractivity contribution in [3.05, 3.63) is 34.9 Å². The lowest BCUT2D eigenvalue weighted by molar-refractivity contribution is -0.135. The van der Waals surface area contributed by atoms with Crippen LogP contribution in [0.3, 0.4) is 0 Å². The summed E-state index contributed by atoms with van der Waals surface area (Å²) in [6.07, 6.45) is 1.56. The van der Waals surface area contributed by atoms with E-state index in [0.717, 1.165) is 24.0 Å². The molecule has 1 rings (SSSR count). The molecule has 0 saturated heterocycles. The number of Topliss-reactive ketones (excluding diaryl/α,β-unsaturated/α-hetero) is 1. The van der Waals surface area contributed by atoms with E-state index >= 15 is 0 Å². The third-order valence-electron chi connectivity index (χ3n) is 2.58. The Hall–Kier alpha value is -1.64. The lowest BCUT2D eigenvalue weighted by atomic mass is 9.98. The van der Waals surface area contributed by atoms with E-state index in [1.165, 1.54) is 7.11 Å². The SMILES string of the molecule is CCc1ccc(CC)c(C(=O)C(=O)OC)c1. The maximum Gasteiger partial charge on any atom is 0.379 e. The average Bonchev–Trinajstić information content (AvgIpc) is 2.35. The zero-order chi connectivity index (χ0) is 12.1. The van der Waals surface area contributed by atoms with E-state index in [1.807, 2.05) is 26.0 Å². The van der Waals surface area contributed by atoms with Crippen LogP contribution in [-0.2, 0) is 22.4 Å². The topological polar surface area (TPSA) is 43.4 Å². The second-order valence-electron chi connectivity index (χ2n) is 3.52. The summed E-state index contributed by atoms with van der Waals surface area (Å²) in [4.78, 5) is 23.0. The number of aryl methyl sites for hydroxylation is 2. The van der Waals surface area contributed by atoms with Gasteiger partial charge in [-0.2, -0.15) is 0 Å². The summed E-state index contributed by atoms with van der Waals surface area (Å²) in [7, 11) is 1.22. The Morgan fingerprint density at radius 3 is 2.38 bits per heavy atom. The Morgan fingerprint density at radius 2 is 1.88 bits per heavy atom. The minimum atomic E-state index is -0.803. The third kappa shape index (κ3) is 2.48. The van der Waals surface area contributed by atoms with Gasteiger partial charge in [0, 0.05) is 5.56 Å². The molecule has 86 valence electrons. The molecule has 1 aromatic rings. The third-order valence-corrected chi connectivity index (χ3v) is 2.58. The first-order chi connectivity index (χ1) is 7.63. The Morgan fingerprint density at radius 1 is 1.19 bits per heavy atom. The number of ether oxygens (including phenoxy) is 1. The number of hydrogen-bond donors (Lipinski definition) is 0. The highest BCUT2D eigenvalue weighted by Crippen LogP contribution is 2.14. The molecule has 16 heavy (non-hydrogen) atoms. The molecule has 0 bridgehead atoms. The monoisotopic (exact) mass is 220 g/mol. The van der Waals surface area contributed by atoms with Gasteiger partial charge < -0.3 is 4.74 Å². The quantitative estimate of drug-likeness (QED) is 0.443. The summed E-state index contributed by atoms with van der Waals surface area (Å²) in [5.74, 6) is -1.36. The smallest absolute Gasteiger partial charge is 0.379 e. The number of esters is 1. The predicted molar refractivity (Wildman–Crippen MR) is 61.5 cm³/mol. The van der Waals surface area contributed by atoms with Crippen LogP contribution in [0.5, 0.6) is 0 Å². The fraction of sp³-hybridized carbons (Fsp3) is 0.385. The van der Waals surface area contributed by atoms with Crippen LogP contribution in [0.1, 0.15) is 35.3 Å². The van der Waals surface area contributed by atoms with Crippen molar-refractivity contribution in [1.29, 1.82) is 0 Å². The fourth-order valence-corrected chi connectivity index (χ4v) is 1.57. The van der Waals surface area contributed by atoms with Gasteiger partial charge in [-0.05, 0) is 30.0 Å². The highest BCUT2D eigenvalue weighted by Gasteiger charge is 2.19. The van der Waals surface area contributed by atoms with E-state index in [9.17, 15) is 9.59 Å². The minimum Gasteiger partial charge on any atom is -0.463 e. The van der Waals surface area contributed by atoms with Crippen LogP contribution in [0.15, 0.2) is 18.2 Å². The number of methoxy groups -OCH3 is 1. The van der Waals surface area contributed by atoms with E-state index < -0.39 is 11.8 Å². The van der Waals surface area contributed by atoms with Crippen molar-refractivity contribution in [3.8, 4) is 0 Å². The summed E-state index contributed by atoms with van der Waals surface area (Å²) < 4.78 is 4.45. The van der Waals surface area contributed by atoms with E-state index in [0.29, 0.717) is 5.56 Å². The van der Waals surface area contributed by atoms with Crippen LogP contribution in [0.2, 0.25) is 0 Å². The lowest BCUT2D eigenvalue weighted by Gasteiger charge is -2.07. The zero-order valence-electron chi connectivity index (χ0n) is 9.87. The number of carbonyl (C=O) groups excluding carboxylic acids is 2. The van der Waals surface area contributed by atoms with E-state index in [1.54, 1.807) is 6.07 Å². The molecule has 1 aromatic carbocycles. The Labute approximate surface area is 95.4 Å². The van der Waals surface area contributed by atoms with Crippen molar-refractivity contribution in [1.82, 2.24) is 0 Å². The summed E-state index contributed by atoms with van der Waals surface area (Å²) in [6, 6.07) is 5.65. The van der Waals surface area contributed by atoms with Crippen LogP contribution in [0.25, 0.3) is 0 Å². The fourth-order valence-electron chi connectivity index (χ4n) is 1.57. The highest BCUT2D eigenvalue weighted by atomic mass is 16.5. The molecule has 3 heteroatoms. The summed E-state index contributed by atoms with van der Waals surface area (Å²) >= 11 is 0. The van der Waals surface area contributed by atoms with Gasteiger partial charge in [-0.25, -0.2) is 4.79 Å². The Balaban J connectivity index is 3.18. The molecular weight excluding hydrogens is 204 g/mol. The van der Waals surface area contributed by atoms with Gasteiger partial charge in [-0.3, -0.25) is 4.79 Å². The second kappa shape index (κ2) is 5.45.